The van der Waals surface area contributed by atoms with Crippen molar-refractivity contribution in [2.75, 3.05) is 5.73 Å². The van der Waals surface area contributed by atoms with Crippen molar-refractivity contribution in [2.45, 2.75) is 13.5 Å². The average molecular weight is 189 g/mol. The Morgan fingerprint density at radius 3 is 3.07 bits per heavy atom. The molecule has 2 rings (SSSR count). The van der Waals surface area contributed by atoms with Gasteiger partial charge in [0, 0.05) is 18.3 Å². The highest BCUT2D eigenvalue weighted by atomic mass is 15.3. The lowest BCUT2D eigenvalue weighted by atomic mass is 10.2. The Bertz CT molecular complexity index is 434. The van der Waals surface area contributed by atoms with Crippen LogP contribution in [0.15, 0.2) is 24.7 Å². The van der Waals surface area contributed by atoms with Gasteiger partial charge in [-0.3, -0.25) is 0 Å². The van der Waals surface area contributed by atoms with Crippen LogP contribution >= 0.6 is 0 Å². The Morgan fingerprint density at radius 2 is 2.36 bits per heavy atom. The SMILES string of the molecule is CCn1cnnc1-c1ccnc(N)c1. The van der Waals surface area contributed by atoms with E-state index in [-0.39, 0.29) is 0 Å². The first kappa shape index (κ1) is 8.68. The van der Waals surface area contributed by atoms with Gasteiger partial charge in [-0.25, -0.2) is 4.98 Å². The van der Waals surface area contributed by atoms with Gasteiger partial charge < -0.3 is 10.3 Å². The van der Waals surface area contributed by atoms with Gasteiger partial charge in [0.1, 0.15) is 12.1 Å². The van der Waals surface area contributed by atoms with E-state index >= 15 is 0 Å². The lowest BCUT2D eigenvalue weighted by Crippen LogP contribution is -1.97. The summed E-state index contributed by atoms with van der Waals surface area (Å²) in [6.45, 7) is 2.88. The van der Waals surface area contributed by atoms with E-state index < -0.39 is 0 Å². The van der Waals surface area contributed by atoms with Crippen molar-refractivity contribution < 1.29 is 0 Å². The minimum Gasteiger partial charge on any atom is -0.384 e. The van der Waals surface area contributed by atoms with Gasteiger partial charge in [0.15, 0.2) is 5.82 Å². The maximum atomic E-state index is 5.59. The molecular formula is C9H11N5. The van der Waals surface area contributed by atoms with E-state index in [2.05, 4.69) is 15.2 Å². The van der Waals surface area contributed by atoms with E-state index in [1.807, 2.05) is 17.6 Å². The summed E-state index contributed by atoms with van der Waals surface area (Å²) in [5.74, 6) is 1.31. The van der Waals surface area contributed by atoms with Crippen LogP contribution in [0.25, 0.3) is 11.4 Å². The second-order valence-corrected chi connectivity index (χ2v) is 2.91. The topological polar surface area (TPSA) is 69.6 Å². The molecule has 0 aliphatic rings. The summed E-state index contributed by atoms with van der Waals surface area (Å²) in [5, 5.41) is 7.88. The summed E-state index contributed by atoms with van der Waals surface area (Å²) in [6, 6.07) is 3.66. The zero-order chi connectivity index (χ0) is 9.97. The molecule has 0 spiro atoms. The van der Waals surface area contributed by atoms with Crippen LogP contribution in [0, 0.1) is 0 Å². The third kappa shape index (κ3) is 1.44. The number of hydrogen-bond donors (Lipinski definition) is 1. The van der Waals surface area contributed by atoms with Crippen LogP contribution in [0.2, 0.25) is 0 Å². The van der Waals surface area contributed by atoms with Gasteiger partial charge in [0.05, 0.1) is 0 Å². The average Bonchev–Trinajstić information content (AvgIpc) is 2.65. The molecule has 0 saturated heterocycles. The minimum atomic E-state index is 0.494. The molecule has 0 aliphatic heterocycles. The normalized spacial score (nSPS) is 10.4. The summed E-state index contributed by atoms with van der Waals surface area (Å²) in [5.41, 5.74) is 6.53. The third-order valence-electron chi connectivity index (χ3n) is 2.00. The fourth-order valence-electron chi connectivity index (χ4n) is 1.30. The summed E-state index contributed by atoms with van der Waals surface area (Å²) in [4.78, 5) is 3.93. The Balaban J connectivity index is 2.49. The highest BCUT2D eigenvalue weighted by Gasteiger charge is 2.05. The van der Waals surface area contributed by atoms with Crippen molar-refractivity contribution in [3.8, 4) is 11.4 Å². The van der Waals surface area contributed by atoms with E-state index in [4.69, 9.17) is 5.73 Å². The number of nitrogen functional groups attached to an aromatic ring is 1. The van der Waals surface area contributed by atoms with E-state index in [0.717, 1.165) is 17.9 Å². The van der Waals surface area contributed by atoms with Crippen LogP contribution < -0.4 is 5.73 Å². The molecule has 14 heavy (non-hydrogen) atoms. The van der Waals surface area contributed by atoms with Crippen molar-refractivity contribution in [1.82, 2.24) is 19.7 Å². The van der Waals surface area contributed by atoms with Crippen LogP contribution in [0.3, 0.4) is 0 Å². The lowest BCUT2D eigenvalue weighted by molar-refractivity contribution is 0.767. The predicted octanol–water partition coefficient (Wildman–Crippen LogP) is 0.942. The van der Waals surface area contributed by atoms with E-state index in [1.165, 1.54) is 0 Å². The summed E-state index contributed by atoms with van der Waals surface area (Å²) >= 11 is 0. The fraction of sp³-hybridized carbons (Fsp3) is 0.222. The molecule has 0 atom stereocenters. The maximum absolute atomic E-state index is 5.59. The molecule has 5 heteroatoms. The number of anilines is 1. The third-order valence-corrected chi connectivity index (χ3v) is 2.00. The van der Waals surface area contributed by atoms with Crippen LogP contribution in [0.1, 0.15) is 6.92 Å². The number of rotatable bonds is 2. The molecule has 0 radical (unpaired) electrons. The van der Waals surface area contributed by atoms with Crippen LogP contribution in [-0.2, 0) is 6.54 Å². The quantitative estimate of drug-likeness (QED) is 0.763. The Hall–Kier alpha value is -1.91. The van der Waals surface area contributed by atoms with Gasteiger partial charge in [-0.2, -0.15) is 0 Å². The molecule has 0 saturated carbocycles. The number of aromatic nitrogens is 4. The number of hydrogen-bond acceptors (Lipinski definition) is 4. The molecule has 0 aliphatic carbocycles. The molecule has 2 aromatic heterocycles. The van der Waals surface area contributed by atoms with Crippen LogP contribution in [0.4, 0.5) is 5.82 Å². The number of nitrogens with two attached hydrogens (primary N) is 1. The highest BCUT2D eigenvalue weighted by Crippen LogP contribution is 2.17. The molecule has 0 amide bonds. The van der Waals surface area contributed by atoms with Crippen LogP contribution in [0.5, 0.6) is 0 Å². The second kappa shape index (κ2) is 3.45. The highest BCUT2D eigenvalue weighted by molar-refractivity contribution is 5.58. The van der Waals surface area contributed by atoms with E-state index in [9.17, 15) is 0 Å². The molecule has 5 nitrogen and oxygen atoms in total. The van der Waals surface area contributed by atoms with Crippen molar-refractivity contribution in [2.24, 2.45) is 0 Å². The van der Waals surface area contributed by atoms with Gasteiger partial charge in [0.2, 0.25) is 0 Å². The van der Waals surface area contributed by atoms with Crippen molar-refractivity contribution in [3.63, 3.8) is 0 Å². The molecule has 2 N–H and O–H groups in total. The molecular weight excluding hydrogens is 178 g/mol. The van der Waals surface area contributed by atoms with Crippen molar-refractivity contribution in [1.29, 1.82) is 0 Å². The summed E-state index contributed by atoms with van der Waals surface area (Å²) in [6.07, 6.45) is 3.37. The van der Waals surface area contributed by atoms with E-state index in [0.29, 0.717) is 5.82 Å². The number of aryl methyl sites for hydroxylation is 1. The molecule has 0 aromatic carbocycles. The largest absolute Gasteiger partial charge is 0.384 e. The maximum Gasteiger partial charge on any atom is 0.163 e. The van der Waals surface area contributed by atoms with Gasteiger partial charge >= 0.3 is 0 Å². The molecule has 0 unspecified atom stereocenters. The molecule has 2 heterocycles. The number of nitrogens with zero attached hydrogens (tertiary/aromatic N) is 4. The monoisotopic (exact) mass is 189 g/mol. The zero-order valence-electron chi connectivity index (χ0n) is 7.88. The first-order valence-electron chi connectivity index (χ1n) is 4.41. The van der Waals surface area contributed by atoms with Crippen LogP contribution in [-0.4, -0.2) is 19.7 Å². The van der Waals surface area contributed by atoms with Crippen molar-refractivity contribution in [3.05, 3.63) is 24.7 Å². The van der Waals surface area contributed by atoms with Gasteiger partial charge in [0.25, 0.3) is 0 Å². The predicted molar refractivity (Wildman–Crippen MR) is 53.3 cm³/mol. The van der Waals surface area contributed by atoms with E-state index in [1.54, 1.807) is 18.6 Å². The van der Waals surface area contributed by atoms with Gasteiger partial charge in [-0.1, -0.05) is 0 Å². The van der Waals surface area contributed by atoms with Gasteiger partial charge in [-0.15, -0.1) is 10.2 Å². The molecule has 2 aromatic rings. The first-order valence-corrected chi connectivity index (χ1v) is 4.41. The summed E-state index contributed by atoms with van der Waals surface area (Å²) in [7, 11) is 0. The fourth-order valence-corrected chi connectivity index (χ4v) is 1.30. The summed E-state index contributed by atoms with van der Waals surface area (Å²) < 4.78 is 1.95. The molecule has 0 bridgehead atoms. The number of pyridine rings is 1. The standard InChI is InChI=1S/C9H11N5/c1-2-14-6-12-13-9(14)7-3-4-11-8(10)5-7/h3-6H,2H2,1H3,(H2,10,11). The molecule has 72 valence electrons. The lowest BCUT2D eigenvalue weighted by Gasteiger charge is -2.02. The van der Waals surface area contributed by atoms with Gasteiger partial charge in [-0.05, 0) is 19.1 Å². The van der Waals surface area contributed by atoms with Crippen molar-refractivity contribution >= 4 is 5.82 Å². The second-order valence-electron chi connectivity index (χ2n) is 2.91. The Labute approximate surface area is 81.6 Å². The minimum absolute atomic E-state index is 0.494. The molecule has 0 fully saturated rings. The zero-order valence-corrected chi connectivity index (χ0v) is 7.88. The smallest absolute Gasteiger partial charge is 0.163 e. The first-order chi connectivity index (χ1) is 6.81. The Morgan fingerprint density at radius 1 is 1.50 bits per heavy atom. The Kier molecular flexibility index (Phi) is 2.14.